The molecule has 1 amide bonds. The first kappa shape index (κ1) is 17.0. The van der Waals surface area contributed by atoms with Crippen molar-refractivity contribution in [2.45, 2.75) is 13.5 Å². The van der Waals surface area contributed by atoms with E-state index in [9.17, 15) is 9.59 Å². The second-order valence-corrected chi connectivity index (χ2v) is 5.01. The average Bonchev–Trinajstić information content (AvgIpc) is 3.11. The summed E-state index contributed by atoms with van der Waals surface area (Å²) in [5.41, 5.74) is 1.61. The van der Waals surface area contributed by atoms with Crippen molar-refractivity contribution in [3.63, 3.8) is 0 Å². The first-order chi connectivity index (χ1) is 11.6. The zero-order valence-corrected chi connectivity index (χ0v) is 13.1. The quantitative estimate of drug-likeness (QED) is 0.500. The molecule has 0 unspecified atom stereocenters. The summed E-state index contributed by atoms with van der Waals surface area (Å²) in [4.78, 5) is 23.5. The number of nitrogens with zero attached hydrogens (tertiary/aromatic N) is 1. The molecule has 1 aromatic carbocycles. The lowest BCUT2D eigenvalue weighted by molar-refractivity contribution is -0.144. The van der Waals surface area contributed by atoms with Gasteiger partial charge in [0, 0.05) is 0 Å². The molecule has 1 aromatic heterocycles. The summed E-state index contributed by atoms with van der Waals surface area (Å²) in [7, 11) is 0. The molecular weight excluding hydrogens is 308 g/mol. The molecule has 122 valence electrons. The van der Waals surface area contributed by atoms with Crippen molar-refractivity contribution in [3.05, 3.63) is 65.1 Å². The predicted molar refractivity (Wildman–Crippen MR) is 86.3 cm³/mol. The fraction of sp³-hybridized carbons (Fsp3) is 0.167. The number of esters is 1. The monoisotopic (exact) mass is 324 g/mol. The molecule has 1 heterocycles. The van der Waals surface area contributed by atoms with Crippen LogP contribution in [0.3, 0.4) is 0 Å². The van der Waals surface area contributed by atoms with E-state index in [1.165, 1.54) is 12.3 Å². The number of rotatable bonds is 6. The predicted octanol–water partition coefficient (Wildman–Crippen LogP) is 2.35. The van der Waals surface area contributed by atoms with Crippen LogP contribution in [-0.2, 0) is 20.9 Å². The van der Waals surface area contributed by atoms with Crippen LogP contribution in [0.15, 0.2) is 52.7 Å². The molecule has 2 aromatic rings. The van der Waals surface area contributed by atoms with E-state index in [1.54, 1.807) is 30.3 Å². The topological polar surface area (TPSA) is 92.3 Å². The fourth-order valence-electron chi connectivity index (χ4n) is 1.82. The van der Waals surface area contributed by atoms with Crippen LogP contribution in [0.5, 0.6) is 0 Å². The van der Waals surface area contributed by atoms with Crippen molar-refractivity contribution in [1.29, 1.82) is 5.26 Å². The fourth-order valence-corrected chi connectivity index (χ4v) is 1.82. The highest BCUT2D eigenvalue weighted by Crippen LogP contribution is 2.09. The summed E-state index contributed by atoms with van der Waals surface area (Å²) in [5, 5.41) is 11.6. The summed E-state index contributed by atoms with van der Waals surface area (Å²) in [6.45, 7) is 1.68. The van der Waals surface area contributed by atoms with Crippen LogP contribution in [0.25, 0.3) is 6.08 Å². The number of hydrogen-bond donors (Lipinski definition) is 1. The van der Waals surface area contributed by atoms with Gasteiger partial charge in [-0.1, -0.05) is 29.8 Å². The Morgan fingerprint density at radius 3 is 2.67 bits per heavy atom. The molecule has 2 rings (SSSR count). The Hall–Kier alpha value is -3.33. The molecule has 0 aliphatic carbocycles. The molecule has 1 N–H and O–H groups in total. The van der Waals surface area contributed by atoms with E-state index in [-0.39, 0.29) is 12.1 Å². The van der Waals surface area contributed by atoms with Crippen LogP contribution in [0, 0.1) is 18.3 Å². The minimum Gasteiger partial charge on any atom is -0.467 e. The SMILES string of the molecule is Cc1ccc(/C=C(\C#N)C(=O)OCC(=O)NCc2ccco2)cc1. The molecule has 0 aliphatic heterocycles. The van der Waals surface area contributed by atoms with Gasteiger partial charge in [-0.25, -0.2) is 4.79 Å². The van der Waals surface area contributed by atoms with Gasteiger partial charge < -0.3 is 14.5 Å². The largest absolute Gasteiger partial charge is 0.467 e. The molecule has 0 radical (unpaired) electrons. The third kappa shape index (κ3) is 5.14. The Kier molecular flexibility index (Phi) is 5.92. The minimum atomic E-state index is -0.841. The first-order valence-corrected chi connectivity index (χ1v) is 7.23. The van der Waals surface area contributed by atoms with Crippen molar-refractivity contribution in [2.24, 2.45) is 0 Å². The van der Waals surface area contributed by atoms with Gasteiger partial charge in [0.15, 0.2) is 6.61 Å². The van der Waals surface area contributed by atoms with Crippen LogP contribution in [0.2, 0.25) is 0 Å². The van der Waals surface area contributed by atoms with Gasteiger partial charge in [0.2, 0.25) is 0 Å². The Labute approximate surface area is 139 Å². The molecule has 0 fully saturated rings. The van der Waals surface area contributed by atoms with Gasteiger partial charge in [-0.3, -0.25) is 4.79 Å². The molecule has 0 saturated heterocycles. The summed E-state index contributed by atoms with van der Waals surface area (Å²) in [6.07, 6.45) is 2.92. The summed E-state index contributed by atoms with van der Waals surface area (Å²) in [6, 6.07) is 12.5. The molecule has 0 spiro atoms. The van der Waals surface area contributed by atoms with Gasteiger partial charge in [-0.2, -0.15) is 5.26 Å². The molecule has 0 bridgehead atoms. The number of carbonyl (C=O) groups is 2. The van der Waals surface area contributed by atoms with Crippen LogP contribution in [0.1, 0.15) is 16.9 Å². The molecule has 6 nitrogen and oxygen atoms in total. The number of nitrogens with one attached hydrogen (secondary N) is 1. The molecule has 0 atom stereocenters. The highest BCUT2D eigenvalue weighted by atomic mass is 16.5. The number of hydrogen-bond acceptors (Lipinski definition) is 5. The number of benzene rings is 1. The smallest absolute Gasteiger partial charge is 0.349 e. The Balaban J connectivity index is 1.86. The van der Waals surface area contributed by atoms with Gasteiger partial charge >= 0.3 is 5.97 Å². The van der Waals surface area contributed by atoms with Crippen molar-refractivity contribution < 1.29 is 18.7 Å². The van der Waals surface area contributed by atoms with Crippen molar-refractivity contribution >= 4 is 18.0 Å². The Morgan fingerprint density at radius 1 is 1.29 bits per heavy atom. The number of aryl methyl sites for hydroxylation is 1. The van der Waals surface area contributed by atoms with Crippen molar-refractivity contribution in [2.75, 3.05) is 6.61 Å². The maximum Gasteiger partial charge on any atom is 0.349 e. The second-order valence-electron chi connectivity index (χ2n) is 5.01. The van der Waals surface area contributed by atoms with Crippen LogP contribution >= 0.6 is 0 Å². The lowest BCUT2D eigenvalue weighted by atomic mass is 10.1. The Morgan fingerprint density at radius 2 is 2.04 bits per heavy atom. The molecule has 0 aliphatic rings. The zero-order chi connectivity index (χ0) is 17.4. The third-order valence-electron chi connectivity index (χ3n) is 3.10. The second kappa shape index (κ2) is 8.34. The zero-order valence-electron chi connectivity index (χ0n) is 13.1. The summed E-state index contributed by atoms with van der Waals surface area (Å²) in [5.74, 6) is -0.731. The van der Waals surface area contributed by atoms with Crippen LogP contribution in [0.4, 0.5) is 0 Å². The van der Waals surface area contributed by atoms with E-state index in [2.05, 4.69) is 5.32 Å². The number of amides is 1. The highest BCUT2D eigenvalue weighted by molar-refractivity contribution is 5.98. The van der Waals surface area contributed by atoms with E-state index >= 15 is 0 Å². The summed E-state index contributed by atoms with van der Waals surface area (Å²) < 4.78 is 9.92. The Bertz CT molecular complexity index is 768. The lowest BCUT2D eigenvalue weighted by Crippen LogP contribution is -2.28. The third-order valence-corrected chi connectivity index (χ3v) is 3.10. The first-order valence-electron chi connectivity index (χ1n) is 7.23. The van der Waals surface area contributed by atoms with E-state index in [1.807, 2.05) is 19.1 Å². The standard InChI is InChI=1S/C18H16N2O4/c1-13-4-6-14(7-5-13)9-15(10-19)18(22)24-12-17(21)20-11-16-3-2-8-23-16/h2-9H,11-12H2,1H3,(H,20,21)/b15-9+. The molecule has 0 saturated carbocycles. The van der Waals surface area contributed by atoms with E-state index in [0.29, 0.717) is 11.3 Å². The minimum absolute atomic E-state index is 0.169. The maximum atomic E-state index is 11.9. The van der Waals surface area contributed by atoms with Gasteiger partial charge in [0.05, 0.1) is 12.8 Å². The number of ether oxygens (including phenoxy) is 1. The van der Waals surface area contributed by atoms with Gasteiger partial charge in [-0.15, -0.1) is 0 Å². The van der Waals surface area contributed by atoms with Crippen molar-refractivity contribution in [1.82, 2.24) is 5.32 Å². The van der Waals surface area contributed by atoms with Crippen molar-refractivity contribution in [3.8, 4) is 6.07 Å². The lowest BCUT2D eigenvalue weighted by Gasteiger charge is -2.05. The van der Waals surface area contributed by atoms with E-state index < -0.39 is 18.5 Å². The number of carbonyl (C=O) groups excluding carboxylic acids is 2. The van der Waals surface area contributed by atoms with Crippen LogP contribution < -0.4 is 5.32 Å². The number of nitriles is 1. The molecular formula is C18H16N2O4. The van der Waals surface area contributed by atoms with Gasteiger partial charge in [0.25, 0.3) is 5.91 Å². The maximum absolute atomic E-state index is 11.9. The molecule has 24 heavy (non-hydrogen) atoms. The van der Waals surface area contributed by atoms with E-state index in [0.717, 1.165) is 5.56 Å². The summed E-state index contributed by atoms with van der Waals surface area (Å²) >= 11 is 0. The van der Waals surface area contributed by atoms with E-state index in [4.69, 9.17) is 14.4 Å². The van der Waals surface area contributed by atoms with Crippen LogP contribution in [-0.4, -0.2) is 18.5 Å². The average molecular weight is 324 g/mol. The van der Waals surface area contributed by atoms with Gasteiger partial charge in [0.1, 0.15) is 17.4 Å². The molecule has 6 heteroatoms. The number of furan rings is 1. The normalized spacial score (nSPS) is 10.8. The van der Waals surface area contributed by atoms with Gasteiger partial charge in [-0.05, 0) is 30.7 Å². The highest BCUT2D eigenvalue weighted by Gasteiger charge is 2.13.